The van der Waals surface area contributed by atoms with E-state index in [0.29, 0.717) is 25.1 Å². The normalized spacial score (nSPS) is 14.0. The Hall–Kier alpha value is -2.82. The highest BCUT2D eigenvalue weighted by molar-refractivity contribution is 5.95. The molecular formula is C19H21N3O2. The second kappa shape index (κ2) is 7.17. The van der Waals surface area contributed by atoms with Crippen LogP contribution in [0.15, 0.2) is 48.5 Å². The molecule has 2 amide bonds. The van der Waals surface area contributed by atoms with E-state index in [1.165, 1.54) is 0 Å². The van der Waals surface area contributed by atoms with Gasteiger partial charge in [-0.2, -0.15) is 0 Å². The molecule has 0 aliphatic carbocycles. The van der Waals surface area contributed by atoms with E-state index in [9.17, 15) is 9.59 Å². The Kier molecular flexibility index (Phi) is 4.79. The van der Waals surface area contributed by atoms with Crippen molar-refractivity contribution in [1.82, 2.24) is 5.32 Å². The van der Waals surface area contributed by atoms with Crippen molar-refractivity contribution >= 4 is 23.2 Å². The van der Waals surface area contributed by atoms with E-state index in [0.717, 1.165) is 29.8 Å². The van der Waals surface area contributed by atoms with Gasteiger partial charge in [-0.05, 0) is 41.8 Å². The SMILES string of the molecule is Nc1cccc(CC(=O)NCc2ccc(N3CCCC3=O)cc2)c1. The zero-order valence-electron chi connectivity index (χ0n) is 13.5. The summed E-state index contributed by atoms with van der Waals surface area (Å²) in [6, 6.07) is 15.1. The van der Waals surface area contributed by atoms with Crippen LogP contribution in [0.3, 0.4) is 0 Å². The molecule has 0 radical (unpaired) electrons. The molecule has 5 heteroatoms. The molecule has 1 fully saturated rings. The van der Waals surface area contributed by atoms with Crippen LogP contribution in [0.1, 0.15) is 24.0 Å². The quantitative estimate of drug-likeness (QED) is 0.829. The number of amides is 2. The second-order valence-corrected chi connectivity index (χ2v) is 6.01. The molecule has 1 saturated heterocycles. The topological polar surface area (TPSA) is 75.4 Å². The first-order valence-corrected chi connectivity index (χ1v) is 8.12. The summed E-state index contributed by atoms with van der Waals surface area (Å²) < 4.78 is 0. The van der Waals surface area contributed by atoms with E-state index >= 15 is 0 Å². The number of nitrogens with one attached hydrogen (secondary N) is 1. The van der Waals surface area contributed by atoms with Gasteiger partial charge in [-0.1, -0.05) is 24.3 Å². The zero-order chi connectivity index (χ0) is 16.9. The van der Waals surface area contributed by atoms with Crippen LogP contribution in [-0.4, -0.2) is 18.4 Å². The maximum atomic E-state index is 12.0. The Bertz CT molecular complexity index is 741. The zero-order valence-corrected chi connectivity index (χ0v) is 13.5. The summed E-state index contributed by atoms with van der Waals surface area (Å²) in [7, 11) is 0. The van der Waals surface area contributed by atoms with Crippen molar-refractivity contribution in [3.8, 4) is 0 Å². The molecule has 3 N–H and O–H groups in total. The molecule has 1 aliphatic rings. The molecule has 1 aliphatic heterocycles. The summed E-state index contributed by atoms with van der Waals surface area (Å²) in [6.07, 6.45) is 1.86. The van der Waals surface area contributed by atoms with Crippen LogP contribution in [0.4, 0.5) is 11.4 Å². The first-order valence-electron chi connectivity index (χ1n) is 8.12. The number of carbonyl (C=O) groups excluding carboxylic acids is 2. The summed E-state index contributed by atoms with van der Waals surface area (Å²) in [6.45, 7) is 1.25. The van der Waals surface area contributed by atoms with E-state index in [2.05, 4.69) is 5.32 Å². The lowest BCUT2D eigenvalue weighted by Gasteiger charge is -2.16. The lowest BCUT2D eigenvalue weighted by Crippen LogP contribution is -2.25. The lowest BCUT2D eigenvalue weighted by molar-refractivity contribution is -0.120. The minimum Gasteiger partial charge on any atom is -0.399 e. The van der Waals surface area contributed by atoms with Gasteiger partial charge in [-0.25, -0.2) is 0 Å². The molecule has 1 heterocycles. The number of anilines is 2. The van der Waals surface area contributed by atoms with Gasteiger partial charge in [-0.3, -0.25) is 9.59 Å². The third-order valence-corrected chi connectivity index (χ3v) is 4.13. The predicted molar refractivity (Wildman–Crippen MR) is 94.4 cm³/mol. The fraction of sp³-hybridized carbons (Fsp3) is 0.263. The average molecular weight is 323 g/mol. The van der Waals surface area contributed by atoms with Crippen molar-refractivity contribution in [2.75, 3.05) is 17.2 Å². The van der Waals surface area contributed by atoms with Crippen LogP contribution in [0.25, 0.3) is 0 Å². The smallest absolute Gasteiger partial charge is 0.227 e. The fourth-order valence-electron chi connectivity index (χ4n) is 2.87. The molecule has 5 nitrogen and oxygen atoms in total. The number of rotatable bonds is 5. The molecule has 2 aromatic rings. The lowest BCUT2D eigenvalue weighted by atomic mass is 10.1. The molecule has 0 unspecified atom stereocenters. The maximum Gasteiger partial charge on any atom is 0.227 e. The van der Waals surface area contributed by atoms with Crippen LogP contribution >= 0.6 is 0 Å². The van der Waals surface area contributed by atoms with Gasteiger partial charge in [0.1, 0.15) is 0 Å². The van der Waals surface area contributed by atoms with Gasteiger partial charge in [0.15, 0.2) is 0 Å². The minimum atomic E-state index is -0.0422. The van der Waals surface area contributed by atoms with Crippen molar-refractivity contribution in [3.63, 3.8) is 0 Å². The Balaban J connectivity index is 1.53. The third-order valence-electron chi connectivity index (χ3n) is 4.13. The first-order chi connectivity index (χ1) is 11.6. The van der Waals surface area contributed by atoms with Crippen LogP contribution in [0.5, 0.6) is 0 Å². The third kappa shape index (κ3) is 3.93. The number of nitrogen functional groups attached to an aromatic ring is 1. The predicted octanol–water partition coefficient (Wildman–Crippen LogP) is 2.25. The molecule has 0 aromatic heterocycles. The van der Waals surface area contributed by atoms with Gasteiger partial charge in [-0.15, -0.1) is 0 Å². The van der Waals surface area contributed by atoms with E-state index in [-0.39, 0.29) is 11.8 Å². The summed E-state index contributed by atoms with van der Waals surface area (Å²) in [5.41, 5.74) is 9.20. The molecular weight excluding hydrogens is 302 g/mol. The van der Waals surface area contributed by atoms with Crippen LogP contribution in [-0.2, 0) is 22.6 Å². The van der Waals surface area contributed by atoms with Gasteiger partial charge in [0, 0.05) is 30.9 Å². The van der Waals surface area contributed by atoms with E-state index < -0.39 is 0 Å². The van der Waals surface area contributed by atoms with Crippen molar-refractivity contribution < 1.29 is 9.59 Å². The molecule has 0 bridgehead atoms. The highest BCUT2D eigenvalue weighted by Gasteiger charge is 2.21. The first kappa shape index (κ1) is 16.1. The van der Waals surface area contributed by atoms with Gasteiger partial charge < -0.3 is 16.0 Å². The van der Waals surface area contributed by atoms with Gasteiger partial charge in [0.05, 0.1) is 6.42 Å². The monoisotopic (exact) mass is 323 g/mol. The minimum absolute atomic E-state index is 0.0422. The Morgan fingerprint density at radius 1 is 1.12 bits per heavy atom. The summed E-state index contributed by atoms with van der Waals surface area (Å²) in [4.78, 5) is 25.6. The van der Waals surface area contributed by atoms with Crippen molar-refractivity contribution in [1.29, 1.82) is 0 Å². The molecule has 3 rings (SSSR count). The van der Waals surface area contributed by atoms with Crippen LogP contribution in [0, 0.1) is 0 Å². The number of nitrogens with two attached hydrogens (primary N) is 1. The summed E-state index contributed by atoms with van der Waals surface area (Å²) in [5, 5.41) is 2.90. The Morgan fingerprint density at radius 3 is 2.58 bits per heavy atom. The Labute approximate surface area is 141 Å². The number of benzene rings is 2. The number of hydrogen-bond acceptors (Lipinski definition) is 3. The van der Waals surface area contributed by atoms with E-state index in [1.807, 2.05) is 41.3 Å². The van der Waals surface area contributed by atoms with Crippen molar-refractivity contribution in [2.45, 2.75) is 25.8 Å². The fourth-order valence-corrected chi connectivity index (χ4v) is 2.87. The van der Waals surface area contributed by atoms with Crippen LogP contribution < -0.4 is 16.0 Å². The van der Waals surface area contributed by atoms with Crippen molar-refractivity contribution in [2.24, 2.45) is 0 Å². The van der Waals surface area contributed by atoms with E-state index in [1.54, 1.807) is 12.1 Å². The number of hydrogen-bond donors (Lipinski definition) is 2. The number of carbonyl (C=O) groups is 2. The number of nitrogens with zero attached hydrogens (tertiary/aromatic N) is 1. The molecule has 0 spiro atoms. The maximum absolute atomic E-state index is 12.0. The summed E-state index contributed by atoms with van der Waals surface area (Å²) >= 11 is 0. The van der Waals surface area contributed by atoms with E-state index in [4.69, 9.17) is 5.73 Å². The summed E-state index contributed by atoms with van der Waals surface area (Å²) in [5.74, 6) is 0.137. The van der Waals surface area contributed by atoms with Gasteiger partial charge in [0.25, 0.3) is 0 Å². The molecule has 24 heavy (non-hydrogen) atoms. The molecule has 124 valence electrons. The molecule has 0 saturated carbocycles. The highest BCUT2D eigenvalue weighted by Crippen LogP contribution is 2.21. The highest BCUT2D eigenvalue weighted by atomic mass is 16.2. The average Bonchev–Trinajstić information content (AvgIpc) is 2.99. The molecule has 0 atom stereocenters. The second-order valence-electron chi connectivity index (χ2n) is 6.01. The largest absolute Gasteiger partial charge is 0.399 e. The van der Waals surface area contributed by atoms with Gasteiger partial charge >= 0.3 is 0 Å². The van der Waals surface area contributed by atoms with Crippen LogP contribution in [0.2, 0.25) is 0 Å². The standard InChI is InChI=1S/C19H21N3O2/c20-16-4-1-3-15(11-16)12-18(23)21-13-14-6-8-17(9-7-14)22-10-2-5-19(22)24/h1,3-4,6-9,11H,2,5,10,12-13,20H2,(H,21,23). The Morgan fingerprint density at radius 2 is 1.92 bits per heavy atom. The molecule has 2 aromatic carbocycles. The van der Waals surface area contributed by atoms with Crippen molar-refractivity contribution in [3.05, 3.63) is 59.7 Å². The van der Waals surface area contributed by atoms with Gasteiger partial charge in [0.2, 0.25) is 11.8 Å².